The summed E-state index contributed by atoms with van der Waals surface area (Å²) < 4.78 is 68.2. The number of alkyl halides is 3. The highest BCUT2D eigenvalue weighted by Crippen LogP contribution is 2.32. The SMILES string of the molecule is CCn1c([C@@H](C)NS(=O)(=O)c2ccc(N)nc2)cc2cnc(C(F)(F)F)cc21. The molecule has 3 rings (SSSR count). The summed E-state index contributed by atoms with van der Waals surface area (Å²) in [5.41, 5.74) is 5.32. The van der Waals surface area contributed by atoms with Gasteiger partial charge in [0.05, 0.1) is 11.6 Å². The van der Waals surface area contributed by atoms with E-state index in [1.54, 1.807) is 24.5 Å². The number of rotatable bonds is 5. The van der Waals surface area contributed by atoms with Gasteiger partial charge in [-0.2, -0.15) is 13.2 Å². The van der Waals surface area contributed by atoms with Crippen LogP contribution >= 0.6 is 0 Å². The van der Waals surface area contributed by atoms with E-state index in [2.05, 4.69) is 14.7 Å². The van der Waals surface area contributed by atoms with Crippen LogP contribution in [0.2, 0.25) is 0 Å². The first kappa shape index (κ1) is 20.1. The van der Waals surface area contributed by atoms with Crippen LogP contribution in [0.3, 0.4) is 0 Å². The lowest BCUT2D eigenvalue weighted by atomic mass is 10.2. The van der Waals surface area contributed by atoms with Crippen molar-refractivity contribution >= 4 is 26.7 Å². The van der Waals surface area contributed by atoms with E-state index in [4.69, 9.17) is 5.73 Å². The number of nitrogens with two attached hydrogens (primary N) is 1. The number of aryl methyl sites for hydroxylation is 1. The van der Waals surface area contributed by atoms with Crippen molar-refractivity contribution in [2.45, 2.75) is 37.5 Å². The maximum atomic E-state index is 13.0. The minimum Gasteiger partial charge on any atom is -0.384 e. The molecule has 3 heterocycles. The number of hydrogen-bond donors (Lipinski definition) is 2. The monoisotopic (exact) mass is 413 g/mol. The molecule has 0 aromatic carbocycles. The van der Waals surface area contributed by atoms with E-state index in [1.807, 2.05) is 0 Å². The Morgan fingerprint density at radius 3 is 2.50 bits per heavy atom. The smallest absolute Gasteiger partial charge is 0.384 e. The average Bonchev–Trinajstić information content (AvgIpc) is 2.99. The van der Waals surface area contributed by atoms with Crippen molar-refractivity contribution in [1.82, 2.24) is 19.3 Å². The van der Waals surface area contributed by atoms with Crippen molar-refractivity contribution in [3.63, 3.8) is 0 Å². The Morgan fingerprint density at radius 2 is 1.93 bits per heavy atom. The molecule has 0 aliphatic heterocycles. The van der Waals surface area contributed by atoms with Crippen LogP contribution in [0.15, 0.2) is 41.6 Å². The molecule has 0 aliphatic rings. The highest BCUT2D eigenvalue weighted by molar-refractivity contribution is 7.89. The van der Waals surface area contributed by atoms with Gasteiger partial charge >= 0.3 is 6.18 Å². The molecule has 1 atom stereocenters. The second-order valence-electron chi connectivity index (χ2n) is 6.20. The largest absolute Gasteiger partial charge is 0.433 e. The number of nitrogens with one attached hydrogen (secondary N) is 1. The molecular formula is C17H18F3N5O2S. The van der Waals surface area contributed by atoms with Crippen molar-refractivity contribution in [3.05, 3.63) is 48.0 Å². The minimum atomic E-state index is -4.56. The maximum absolute atomic E-state index is 13.0. The van der Waals surface area contributed by atoms with E-state index in [-0.39, 0.29) is 10.7 Å². The summed E-state index contributed by atoms with van der Waals surface area (Å²) >= 11 is 0. The summed E-state index contributed by atoms with van der Waals surface area (Å²) in [4.78, 5) is 7.16. The Labute approximate surface area is 159 Å². The molecule has 0 fully saturated rings. The summed E-state index contributed by atoms with van der Waals surface area (Å²) in [6.45, 7) is 3.73. The van der Waals surface area contributed by atoms with Gasteiger partial charge in [0.1, 0.15) is 16.4 Å². The molecule has 0 saturated carbocycles. The maximum Gasteiger partial charge on any atom is 0.433 e. The summed E-state index contributed by atoms with van der Waals surface area (Å²) in [5, 5.41) is 0.491. The molecule has 7 nitrogen and oxygen atoms in total. The van der Waals surface area contributed by atoms with Crippen LogP contribution < -0.4 is 10.5 Å². The van der Waals surface area contributed by atoms with Crippen molar-refractivity contribution in [3.8, 4) is 0 Å². The lowest BCUT2D eigenvalue weighted by Gasteiger charge is -2.17. The predicted molar refractivity (Wildman–Crippen MR) is 97.8 cm³/mol. The van der Waals surface area contributed by atoms with Gasteiger partial charge in [-0.15, -0.1) is 0 Å². The normalized spacial score (nSPS) is 13.8. The van der Waals surface area contributed by atoms with Crippen molar-refractivity contribution in [1.29, 1.82) is 0 Å². The Hall–Kier alpha value is -2.66. The standard InChI is InChI=1S/C17H18F3N5O2S/c1-3-25-13(6-11-8-22-15(7-14(11)25)17(18,19)20)10(2)24-28(26,27)12-4-5-16(21)23-9-12/h4-10,24H,3H2,1-2H3,(H2,21,23)/t10-/m1/s1. The molecule has 0 spiro atoms. The van der Waals surface area contributed by atoms with Crippen LogP contribution in [0.4, 0.5) is 19.0 Å². The van der Waals surface area contributed by atoms with Gasteiger partial charge in [-0.25, -0.2) is 18.1 Å². The van der Waals surface area contributed by atoms with Crippen LogP contribution in [0.25, 0.3) is 10.9 Å². The zero-order valence-electron chi connectivity index (χ0n) is 15.0. The van der Waals surface area contributed by atoms with Crippen LogP contribution in [0.1, 0.15) is 31.3 Å². The van der Waals surface area contributed by atoms with E-state index < -0.39 is 27.9 Å². The van der Waals surface area contributed by atoms with Gasteiger partial charge in [-0.3, -0.25) is 4.98 Å². The fourth-order valence-corrected chi connectivity index (χ4v) is 4.12. The molecule has 0 amide bonds. The van der Waals surface area contributed by atoms with Crippen LogP contribution in [-0.2, 0) is 22.7 Å². The number of pyridine rings is 2. The Morgan fingerprint density at radius 1 is 1.21 bits per heavy atom. The Bertz CT molecular complexity index is 1110. The number of hydrogen-bond acceptors (Lipinski definition) is 5. The van der Waals surface area contributed by atoms with Crippen LogP contribution in [0.5, 0.6) is 0 Å². The van der Waals surface area contributed by atoms with E-state index in [0.717, 1.165) is 18.5 Å². The van der Waals surface area contributed by atoms with Gasteiger partial charge in [-0.1, -0.05) is 0 Å². The molecular weight excluding hydrogens is 395 g/mol. The van der Waals surface area contributed by atoms with Gasteiger partial charge in [-0.05, 0) is 38.1 Å². The third kappa shape index (κ3) is 3.80. The third-order valence-corrected chi connectivity index (χ3v) is 5.80. The lowest BCUT2D eigenvalue weighted by Crippen LogP contribution is -2.28. The first-order chi connectivity index (χ1) is 13.0. The molecule has 150 valence electrons. The summed E-state index contributed by atoms with van der Waals surface area (Å²) in [6, 6.07) is 4.58. The first-order valence-electron chi connectivity index (χ1n) is 8.33. The number of sulfonamides is 1. The second-order valence-corrected chi connectivity index (χ2v) is 7.92. The van der Waals surface area contributed by atoms with Gasteiger partial charge < -0.3 is 10.3 Å². The number of nitrogen functional groups attached to an aromatic ring is 1. The number of fused-ring (bicyclic) bond motifs is 1. The summed E-state index contributed by atoms with van der Waals surface area (Å²) in [7, 11) is -3.90. The molecule has 0 aliphatic carbocycles. The fourth-order valence-electron chi connectivity index (χ4n) is 2.96. The molecule has 28 heavy (non-hydrogen) atoms. The Kier molecular flexibility index (Phi) is 5.06. The number of aromatic nitrogens is 3. The highest BCUT2D eigenvalue weighted by Gasteiger charge is 2.33. The molecule has 0 unspecified atom stereocenters. The van der Waals surface area contributed by atoms with Crippen molar-refractivity contribution in [2.75, 3.05) is 5.73 Å². The van der Waals surface area contributed by atoms with Crippen molar-refractivity contribution in [2.24, 2.45) is 0 Å². The molecule has 0 saturated heterocycles. The molecule has 3 aromatic rings. The van der Waals surface area contributed by atoms with E-state index in [9.17, 15) is 21.6 Å². The summed E-state index contributed by atoms with van der Waals surface area (Å²) in [6.07, 6.45) is -2.29. The minimum absolute atomic E-state index is 0.0614. The van der Waals surface area contributed by atoms with E-state index in [1.165, 1.54) is 12.1 Å². The second kappa shape index (κ2) is 7.06. The average molecular weight is 413 g/mol. The van der Waals surface area contributed by atoms with Gasteiger partial charge in [0.2, 0.25) is 10.0 Å². The lowest BCUT2D eigenvalue weighted by molar-refractivity contribution is -0.141. The van der Waals surface area contributed by atoms with Gasteiger partial charge in [0.15, 0.2) is 0 Å². The topological polar surface area (TPSA) is 103 Å². The van der Waals surface area contributed by atoms with E-state index in [0.29, 0.717) is 23.1 Å². The van der Waals surface area contributed by atoms with E-state index >= 15 is 0 Å². The molecule has 11 heteroatoms. The number of anilines is 1. The zero-order valence-corrected chi connectivity index (χ0v) is 15.8. The molecule has 3 N–H and O–H groups in total. The predicted octanol–water partition coefficient (Wildman–Crippen LogP) is 3.09. The van der Waals surface area contributed by atoms with Gasteiger partial charge in [0.25, 0.3) is 0 Å². The molecule has 0 radical (unpaired) electrons. The van der Waals surface area contributed by atoms with Crippen molar-refractivity contribution < 1.29 is 21.6 Å². The zero-order chi connectivity index (χ0) is 20.7. The van der Waals surface area contributed by atoms with Gasteiger partial charge in [0, 0.05) is 30.0 Å². The molecule has 3 aromatic heterocycles. The highest BCUT2D eigenvalue weighted by atomic mass is 32.2. The molecule has 0 bridgehead atoms. The van der Waals surface area contributed by atoms with Crippen LogP contribution in [-0.4, -0.2) is 23.0 Å². The van der Waals surface area contributed by atoms with Crippen LogP contribution in [0, 0.1) is 0 Å². The quantitative estimate of drug-likeness (QED) is 0.669. The summed E-state index contributed by atoms with van der Waals surface area (Å²) in [5.74, 6) is 0.186. The first-order valence-corrected chi connectivity index (χ1v) is 9.81. The number of halogens is 3. The fraction of sp³-hybridized carbons (Fsp3) is 0.294. The number of nitrogens with zero attached hydrogens (tertiary/aromatic N) is 3. The Balaban J connectivity index is 1.99. The third-order valence-electron chi connectivity index (χ3n) is 4.27.